The van der Waals surface area contributed by atoms with Crippen molar-refractivity contribution in [1.29, 1.82) is 0 Å². The molecule has 0 saturated heterocycles. The predicted molar refractivity (Wildman–Crippen MR) is 97.4 cm³/mol. The van der Waals surface area contributed by atoms with Crippen LogP contribution < -0.4 is 5.32 Å². The zero-order valence-electron chi connectivity index (χ0n) is 15.1. The average molecular weight is 383 g/mol. The second kappa shape index (κ2) is 8.85. The molecule has 2 aromatic heterocycles. The Morgan fingerprint density at radius 1 is 1.18 bits per heavy atom. The molecule has 28 heavy (non-hydrogen) atoms. The normalized spacial score (nSPS) is 10.5. The smallest absolute Gasteiger partial charge is 0.251 e. The van der Waals surface area contributed by atoms with Crippen LogP contribution in [0.5, 0.6) is 0 Å². The Kier molecular flexibility index (Phi) is 6.05. The van der Waals surface area contributed by atoms with Gasteiger partial charge in [-0.05, 0) is 36.4 Å². The van der Waals surface area contributed by atoms with Gasteiger partial charge >= 0.3 is 0 Å². The van der Waals surface area contributed by atoms with Crippen molar-refractivity contribution in [3.63, 3.8) is 0 Å². The summed E-state index contributed by atoms with van der Waals surface area (Å²) in [6, 6.07) is 10.5. The molecule has 0 radical (unpaired) electrons. The maximum absolute atomic E-state index is 12.9. The highest BCUT2D eigenvalue weighted by Gasteiger charge is 2.15. The van der Waals surface area contributed by atoms with Crippen LogP contribution in [0.3, 0.4) is 0 Å². The molecule has 2 amide bonds. The summed E-state index contributed by atoms with van der Waals surface area (Å²) in [5.74, 6) is -0.347. The number of amides is 2. The lowest BCUT2D eigenvalue weighted by Crippen LogP contribution is -2.32. The van der Waals surface area contributed by atoms with E-state index in [2.05, 4.69) is 20.4 Å². The Labute approximate surface area is 160 Å². The fourth-order valence-corrected chi connectivity index (χ4v) is 2.39. The van der Waals surface area contributed by atoms with Gasteiger partial charge in [0.05, 0.1) is 6.54 Å². The number of aromatic nitrogens is 3. The number of benzene rings is 1. The summed E-state index contributed by atoms with van der Waals surface area (Å²) in [5.41, 5.74) is 0.907. The molecule has 144 valence electrons. The molecule has 1 aromatic carbocycles. The lowest BCUT2D eigenvalue weighted by atomic mass is 10.2. The van der Waals surface area contributed by atoms with Crippen LogP contribution in [0.2, 0.25) is 0 Å². The van der Waals surface area contributed by atoms with E-state index in [1.165, 1.54) is 29.2 Å². The fourth-order valence-electron chi connectivity index (χ4n) is 2.39. The van der Waals surface area contributed by atoms with E-state index in [4.69, 9.17) is 4.52 Å². The van der Waals surface area contributed by atoms with Crippen LogP contribution in [0, 0.1) is 5.82 Å². The monoisotopic (exact) mass is 383 g/mol. The van der Waals surface area contributed by atoms with E-state index in [-0.39, 0.29) is 37.2 Å². The van der Waals surface area contributed by atoms with Crippen LogP contribution in [0.15, 0.2) is 53.2 Å². The summed E-state index contributed by atoms with van der Waals surface area (Å²) < 4.78 is 18.0. The Morgan fingerprint density at radius 2 is 1.96 bits per heavy atom. The molecular weight excluding hydrogens is 365 g/mol. The summed E-state index contributed by atoms with van der Waals surface area (Å²) in [5, 5.41) is 6.48. The van der Waals surface area contributed by atoms with Crippen molar-refractivity contribution in [3.8, 4) is 11.5 Å². The van der Waals surface area contributed by atoms with Gasteiger partial charge in [-0.1, -0.05) is 11.2 Å². The molecule has 0 unspecified atom stereocenters. The van der Waals surface area contributed by atoms with E-state index in [0.29, 0.717) is 17.1 Å². The summed E-state index contributed by atoms with van der Waals surface area (Å²) in [6.07, 6.45) is 1.73. The van der Waals surface area contributed by atoms with E-state index < -0.39 is 5.82 Å². The van der Waals surface area contributed by atoms with Crippen molar-refractivity contribution in [2.45, 2.75) is 13.0 Å². The highest BCUT2D eigenvalue weighted by molar-refractivity contribution is 5.94. The topological polar surface area (TPSA) is 101 Å². The zero-order chi connectivity index (χ0) is 19.9. The fraction of sp³-hybridized carbons (Fsp3) is 0.211. The first-order valence-electron chi connectivity index (χ1n) is 8.54. The van der Waals surface area contributed by atoms with Crippen molar-refractivity contribution < 1.29 is 18.5 Å². The molecule has 2 heterocycles. The summed E-state index contributed by atoms with van der Waals surface area (Å²) in [7, 11) is 1.61. The number of rotatable bonds is 7. The molecule has 0 spiro atoms. The molecule has 1 N–H and O–H groups in total. The lowest BCUT2D eigenvalue weighted by Gasteiger charge is -2.14. The van der Waals surface area contributed by atoms with E-state index in [0.717, 1.165) is 0 Å². The molecule has 0 aliphatic carbocycles. The number of carbonyl (C=O) groups excluding carboxylic acids is 2. The van der Waals surface area contributed by atoms with E-state index >= 15 is 0 Å². The standard InChI is InChI=1S/C19H18FN5O3/c1-25(12-16-23-18(24-28-16)15-4-2-3-10-21-15)17(26)9-11-22-19(27)13-5-7-14(20)8-6-13/h2-8,10H,9,11-12H2,1H3,(H,22,27). The number of halogens is 1. The third-order valence-corrected chi connectivity index (χ3v) is 3.89. The van der Waals surface area contributed by atoms with E-state index in [1.54, 1.807) is 25.4 Å². The number of carbonyl (C=O) groups is 2. The number of nitrogens with zero attached hydrogens (tertiary/aromatic N) is 4. The molecule has 0 aliphatic heterocycles. The molecular formula is C19H18FN5O3. The van der Waals surface area contributed by atoms with Crippen LogP contribution >= 0.6 is 0 Å². The van der Waals surface area contributed by atoms with Crippen molar-refractivity contribution >= 4 is 11.8 Å². The van der Waals surface area contributed by atoms with Crippen LogP contribution in [0.1, 0.15) is 22.7 Å². The van der Waals surface area contributed by atoms with Gasteiger partial charge in [0.1, 0.15) is 11.5 Å². The molecule has 0 bridgehead atoms. The van der Waals surface area contributed by atoms with Gasteiger partial charge < -0.3 is 14.7 Å². The van der Waals surface area contributed by atoms with Gasteiger partial charge in [0.2, 0.25) is 17.6 Å². The van der Waals surface area contributed by atoms with E-state index in [9.17, 15) is 14.0 Å². The number of pyridine rings is 1. The van der Waals surface area contributed by atoms with E-state index in [1.807, 2.05) is 6.07 Å². The SMILES string of the molecule is CN(Cc1nc(-c2ccccn2)no1)C(=O)CCNC(=O)c1ccc(F)cc1. The molecule has 9 heteroatoms. The van der Waals surface area contributed by atoms with Gasteiger partial charge in [0.15, 0.2) is 0 Å². The number of hydrogen-bond acceptors (Lipinski definition) is 6. The number of nitrogens with one attached hydrogen (secondary N) is 1. The third-order valence-electron chi connectivity index (χ3n) is 3.89. The highest BCUT2D eigenvalue weighted by atomic mass is 19.1. The van der Waals surface area contributed by atoms with Gasteiger partial charge in [0.25, 0.3) is 5.91 Å². The van der Waals surface area contributed by atoms with Crippen molar-refractivity contribution in [1.82, 2.24) is 25.3 Å². The second-order valence-electron chi connectivity index (χ2n) is 5.99. The minimum absolute atomic E-state index is 0.102. The molecule has 0 saturated carbocycles. The van der Waals surface area contributed by atoms with Crippen LogP contribution in [0.25, 0.3) is 11.5 Å². The summed E-state index contributed by atoms with van der Waals surface area (Å²) in [4.78, 5) is 33.9. The Balaban J connectivity index is 1.46. The van der Waals surface area contributed by atoms with Gasteiger partial charge in [0, 0.05) is 31.8 Å². The molecule has 0 atom stereocenters. The Morgan fingerprint density at radius 3 is 2.68 bits per heavy atom. The second-order valence-corrected chi connectivity index (χ2v) is 5.99. The largest absolute Gasteiger partial charge is 0.352 e. The van der Waals surface area contributed by atoms with Gasteiger partial charge in [-0.2, -0.15) is 4.98 Å². The van der Waals surface area contributed by atoms with Crippen LogP contribution in [0.4, 0.5) is 4.39 Å². The average Bonchev–Trinajstić information content (AvgIpc) is 3.17. The Bertz CT molecular complexity index is 944. The minimum atomic E-state index is -0.416. The summed E-state index contributed by atoms with van der Waals surface area (Å²) >= 11 is 0. The quantitative estimate of drug-likeness (QED) is 0.670. The molecule has 0 aliphatic rings. The van der Waals surface area contributed by atoms with Gasteiger partial charge in [-0.3, -0.25) is 14.6 Å². The first-order valence-corrected chi connectivity index (χ1v) is 8.54. The first-order chi connectivity index (χ1) is 13.5. The molecule has 0 fully saturated rings. The van der Waals surface area contributed by atoms with Crippen molar-refractivity contribution in [3.05, 3.63) is 65.9 Å². The zero-order valence-corrected chi connectivity index (χ0v) is 15.1. The van der Waals surface area contributed by atoms with Crippen molar-refractivity contribution in [2.24, 2.45) is 0 Å². The highest BCUT2D eigenvalue weighted by Crippen LogP contribution is 2.12. The molecule has 3 rings (SSSR count). The molecule has 8 nitrogen and oxygen atoms in total. The maximum Gasteiger partial charge on any atom is 0.251 e. The van der Waals surface area contributed by atoms with Crippen LogP contribution in [-0.2, 0) is 11.3 Å². The lowest BCUT2D eigenvalue weighted by molar-refractivity contribution is -0.130. The number of hydrogen-bond donors (Lipinski definition) is 1. The minimum Gasteiger partial charge on any atom is -0.352 e. The molecule has 3 aromatic rings. The van der Waals surface area contributed by atoms with Crippen molar-refractivity contribution in [2.75, 3.05) is 13.6 Å². The predicted octanol–water partition coefficient (Wildman–Crippen LogP) is 2.05. The maximum atomic E-state index is 12.9. The van der Waals surface area contributed by atoms with Gasteiger partial charge in [-0.15, -0.1) is 0 Å². The third kappa shape index (κ3) is 4.97. The van der Waals surface area contributed by atoms with Gasteiger partial charge in [-0.25, -0.2) is 4.39 Å². The Hall–Kier alpha value is -3.62. The summed E-state index contributed by atoms with van der Waals surface area (Å²) in [6.45, 7) is 0.299. The van der Waals surface area contributed by atoms with Crippen LogP contribution in [-0.4, -0.2) is 45.4 Å². The first kappa shape index (κ1) is 19.2.